The summed E-state index contributed by atoms with van der Waals surface area (Å²) >= 11 is 0. The number of hydrogen-bond donors (Lipinski definition) is 2. The van der Waals surface area contributed by atoms with Crippen molar-refractivity contribution in [1.29, 1.82) is 0 Å². The molecule has 0 amide bonds. The van der Waals surface area contributed by atoms with Gasteiger partial charge in [-0.1, -0.05) is 0 Å². The summed E-state index contributed by atoms with van der Waals surface area (Å²) in [6, 6.07) is 1.39. The van der Waals surface area contributed by atoms with Crippen LogP contribution in [-0.4, -0.2) is 32.2 Å². The average molecular weight is 229 g/mol. The number of rotatable bonds is 4. The van der Waals surface area contributed by atoms with E-state index in [1.165, 1.54) is 6.07 Å². The lowest BCUT2D eigenvalue weighted by Gasteiger charge is -2.10. The summed E-state index contributed by atoms with van der Waals surface area (Å²) < 4.78 is 11.1. The molecule has 0 saturated carbocycles. The van der Waals surface area contributed by atoms with E-state index >= 15 is 0 Å². The number of nitrogens with zero attached hydrogens (tertiary/aromatic N) is 1. The fourth-order valence-corrected chi connectivity index (χ4v) is 1.35. The zero-order chi connectivity index (χ0) is 11.4. The van der Waals surface area contributed by atoms with Crippen LogP contribution in [-0.2, 0) is 10.8 Å². The van der Waals surface area contributed by atoms with Gasteiger partial charge in [-0.05, 0) is 13.8 Å². The quantitative estimate of drug-likeness (QED) is 0.776. The lowest BCUT2D eigenvalue weighted by molar-refractivity contribution is 0.678. The molecule has 1 heterocycles. The molecule has 0 aliphatic heterocycles. The largest absolute Gasteiger partial charge is 0.369 e. The molecule has 84 valence electrons. The summed E-state index contributed by atoms with van der Waals surface area (Å²) in [5.74, 6) is 1.09. The molecule has 0 saturated heterocycles. The predicted octanol–water partition coefficient (Wildman–Crippen LogP) is 0.257. The van der Waals surface area contributed by atoms with Crippen molar-refractivity contribution in [1.82, 2.24) is 9.97 Å². The molecular formula is C9H15N3O2S. The van der Waals surface area contributed by atoms with E-state index in [2.05, 4.69) is 15.3 Å². The second-order valence-corrected chi connectivity index (χ2v) is 5.21. The van der Waals surface area contributed by atoms with Gasteiger partial charge in [0.1, 0.15) is 11.6 Å². The van der Waals surface area contributed by atoms with Gasteiger partial charge < -0.3 is 10.3 Å². The summed E-state index contributed by atoms with van der Waals surface area (Å²) in [5.41, 5.74) is -0.185. The Labute approximate surface area is 90.8 Å². The van der Waals surface area contributed by atoms with E-state index in [-0.39, 0.29) is 10.8 Å². The van der Waals surface area contributed by atoms with Crippen LogP contribution < -0.4 is 10.9 Å². The van der Waals surface area contributed by atoms with E-state index in [0.29, 0.717) is 18.2 Å². The van der Waals surface area contributed by atoms with E-state index in [0.717, 1.165) is 0 Å². The Morgan fingerprint density at radius 1 is 1.67 bits per heavy atom. The van der Waals surface area contributed by atoms with Gasteiger partial charge in [-0.2, -0.15) is 0 Å². The molecule has 0 spiro atoms. The van der Waals surface area contributed by atoms with E-state index in [4.69, 9.17) is 0 Å². The number of aryl methyl sites for hydroxylation is 1. The third-order valence-corrected chi connectivity index (χ3v) is 3.30. The van der Waals surface area contributed by atoms with Gasteiger partial charge in [-0.25, -0.2) is 4.98 Å². The lowest BCUT2D eigenvalue weighted by atomic mass is 10.4. The second kappa shape index (κ2) is 5.06. The highest BCUT2D eigenvalue weighted by Crippen LogP contribution is 2.00. The van der Waals surface area contributed by atoms with Crippen LogP contribution in [0.25, 0.3) is 0 Å². The summed E-state index contributed by atoms with van der Waals surface area (Å²) in [7, 11) is -0.871. The number of aromatic nitrogens is 2. The van der Waals surface area contributed by atoms with E-state index in [1.54, 1.807) is 13.2 Å². The van der Waals surface area contributed by atoms with Gasteiger partial charge in [-0.3, -0.25) is 9.00 Å². The molecule has 1 aromatic rings. The summed E-state index contributed by atoms with van der Waals surface area (Å²) in [6.07, 6.45) is 1.66. The van der Waals surface area contributed by atoms with Crippen LogP contribution >= 0.6 is 0 Å². The van der Waals surface area contributed by atoms with Crippen molar-refractivity contribution in [2.75, 3.05) is 18.1 Å². The van der Waals surface area contributed by atoms with E-state index < -0.39 is 10.8 Å². The first kappa shape index (κ1) is 11.9. The minimum atomic E-state index is -0.871. The Balaban J connectivity index is 2.65. The van der Waals surface area contributed by atoms with Gasteiger partial charge in [0, 0.05) is 34.9 Å². The van der Waals surface area contributed by atoms with Crippen molar-refractivity contribution in [3.05, 3.63) is 22.2 Å². The standard InChI is InChI=1S/C9H15N3O2S/c1-6(15(3)14)5-10-8-4-9(13)12-7(2)11-8/h4,6H,5H2,1-3H3,(H2,10,11,12,13). The molecule has 0 aromatic carbocycles. The number of nitrogens with one attached hydrogen (secondary N) is 2. The average Bonchev–Trinajstić information content (AvgIpc) is 2.12. The number of hydrogen-bond acceptors (Lipinski definition) is 4. The molecule has 6 heteroatoms. The van der Waals surface area contributed by atoms with Crippen molar-refractivity contribution in [3.63, 3.8) is 0 Å². The van der Waals surface area contributed by atoms with E-state index in [9.17, 15) is 9.00 Å². The molecule has 2 N–H and O–H groups in total. The SMILES string of the molecule is Cc1nc(NCC(C)S(C)=O)cc(=O)[nH]1. The maximum Gasteiger partial charge on any atom is 0.252 e. The molecule has 0 aliphatic rings. The fourth-order valence-electron chi connectivity index (χ4n) is 1.04. The highest BCUT2D eigenvalue weighted by molar-refractivity contribution is 7.84. The molecule has 1 aromatic heterocycles. The Kier molecular flexibility index (Phi) is 4.02. The molecule has 0 bridgehead atoms. The van der Waals surface area contributed by atoms with Crippen molar-refractivity contribution in [3.8, 4) is 0 Å². The van der Waals surface area contributed by atoms with Crippen LogP contribution in [0.5, 0.6) is 0 Å². The van der Waals surface area contributed by atoms with Crippen LogP contribution in [0.3, 0.4) is 0 Å². The van der Waals surface area contributed by atoms with Crippen molar-refractivity contribution < 1.29 is 4.21 Å². The maximum atomic E-state index is 11.1. The zero-order valence-electron chi connectivity index (χ0n) is 9.03. The highest BCUT2D eigenvalue weighted by Gasteiger charge is 2.06. The Bertz CT molecular complexity index is 416. The van der Waals surface area contributed by atoms with Crippen LogP contribution in [0.15, 0.2) is 10.9 Å². The minimum absolute atomic E-state index is 0.0337. The Morgan fingerprint density at radius 2 is 2.33 bits per heavy atom. The Hall–Kier alpha value is -1.17. The van der Waals surface area contributed by atoms with Crippen LogP contribution in [0.2, 0.25) is 0 Å². The van der Waals surface area contributed by atoms with Gasteiger partial charge in [-0.15, -0.1) is 0 Å². The normalized spacial score (nSPS) is 14.6. The highest BCUT2D eigenvalue weighted by atomic mass is 32.2. The molecule has 2 atom stereocenters. The minimum Gasteiger partial charge on any atom is -0.369 e. The predicted molar refractivity (Wildman–Crippen MR) is 61.6 cm³/mol. The van der Waals surface area contributed by atoms with Gasteiger partial charge in [0.2, 0.25) is 0 Å². The molecule has 0 radical (unpaired) electrons. The van der Waals surface area contributed by atoms with Crippen LogP contribution in [0, 0.1) is 6.92 Å². The van der Waals surface area contributed by atoms with Gasteiger partial charge in [0.25, 0.3) is 5.56 Å². The third-order valence-electron chi connectivity index (χ3n) is 2.00. The van der Waals surface area contributed by atoms with Crippen LogP contribution in [0.1, 0.15) is 12.7 Å². The lowest BCUT2D eigenvalue weighted by Crippen LogP contribution is -2.22. The zero-order valence-corrected chi connectivity index (χ0v) is 9.85. The fraction of sp³-hybridized carbons (Fsp3) is 0.556. The van der Waals surface area contributed by atoms with Crippen molar-refractivity contribution >= 4 is 16.6 Å². The Morgan fingerprint density at radius 3 is 2.87 bits per heavy atom. The summed E-state index contributed by atoms with van der Waals surface area (Å²) in [6.45, 7) is 4.14. The van der Waals surface area contributed by atoms with Crippen molar-refractivity contribution in [2.45, 2.75) is 19.1 Å². The second-order valence-electron chi connectivity index (χ2n) is 3.41. The molecule has 1 rings (SSSR count). The van der Waals surface area contributed by atoms with Gasteiger partial charge >= 0.3 is 0 Å². The summed E-state index contributed by atoms with van der Waals surface area (Å²) in [5, 5.41) is 3.02. The molecular weight excluding hydrogens is 214 g/mol. The molecule has 2 unspecified atom stereocenters. The smallest absolute Gasteiger partial charge is 0.252 e. The molecule has 5 nitrogen and oxygen atoms in total. The number of aromatic amines is 1. The summed E-state index contributed by atoms with van der Waals surface area (Å²) in [4.78, 5) is 17.7. The maximum absolute atomic E-state index is 11.1. The van der Waals surface area contributed by atoms with E-state index in [1.807, 2.05) is 6.92 Å². The topological polar surface area (TPSA) is 74.8 Å². The van der Waals surface area contributed by atoms with Gasteiger partial charge in [0.05, 0.1) is 0 Å². The monoisotopic (exact) mass is 229 g/mol. The van der Waals surface area contributed by atoms with Gasteiger partial charge in [0.15, 0.2) is 0 Å². The first-order valence-corrected chi connectivity index (χ1v) is 6.25. The molecule has 15 heavy (non-hydrogen) atoms. The number of anilines is 1. The first-order valence-electron chi connectivity index (χ1n) is 4.63. The van der Waals surface area contributed by atoms with Crippen LogP contribution in [0.4, 0.5) is 5.82 Å². The molecule has 0 aliphatic carbocycles. The molecule has 0 fully saturated rings. The third kappa shape index (κ3) is 3.83. The van der Waals surface area contributed by atoms with Crippen molar-refractivity contribution in [2.24, 2.45) is 0 Å². The number of H-pyrrole nitrogens is 1. The first-order chi connectivity index (χ1) is 6.99.